The molecule has 0 radical (unpaired) electrons. The lowest BCUT2D eigenvalue weighted by Gasteiger charge is -2.15. The minimum absolute atomic E-state index is 0.00843. The van der Waals surface area contributed by atoms with Crippen LogP contribution in [0.5, 0.6) is 5.88 Å². The maximum absolute atomic E-state index is 13.6. The molecular weight excluding hydrogens is 518 g/mol. The van der Waals surface area contributed by atoms with Gasteiger partial charge in [0.05, 0.1) is 24.8 Å². The number of fused-ring (bicyclic) bond motifs is 1. The van der Waals surface area contributed by atoms with Crippen LogP contribution in [0, 0.1) is 5.92 Å². The van der Waals surface area contributed by atoms with Gasteiger partial charge in [-0.25, -0.2) is 38.3 Å². The van der Waals surface area contributed by atoms with E-state index in [-0.39, 0.29) is 22.3 Å². The molecule has 39 heavy (non-hydrogen) atoms. The first-order chi connectivity index (χ1) is 18.7. The van der Waals surface area contributed by atoms with E-state index in [0.29, 0.717) is 59.4 Å². The molecule has 12 heteroatoms. The summed E-state index contributed by atoms with van der Waals surface area (Å²) in [4.78, 5) is 40.5. The third kappa shape index (κ3) is 5.51. The van der Waals surface area contributed by atoms with Crippen molar-refractivity contribution in [1.82, 2.24) is 34.5 Å². The summed E-state index contributed by atoms with van der Waals surface area (Å²) in [7, 11) is -1.82. The van der Waals surface area contributed by atoms with E-state index in [4.69, 9.17) is 9.72 Å². The topological polar surface area (TPSA) is 143 Å². The molecule has 4 aromatic heterocycles. The van der Waals surface area contributed by atoms with Gasteiger partial charge in [-0.2, -0.15) is 0 Å². The van der Waals surface area contributed by atoms with Crippen LogP contribution >= 0.6 is 0 Å². The van der Waals surface area contributed by atoms with Crippen molar-refractivity contribution in [3.05, 3.63) is 58.2 Å². The summed E-state index contributed by atoms with van der Waals surface area (Å²) < 4.78 is 31.3. The van der Waals surface area contributed by atoms with Crippen LogP contribution in [-0.4, -0.2) is 55.8 Å². The zero-order valence-electron chi connectivity index (χ0n) is 22.5. The summed E-state index contributed by atoms with van der Waals surface area (Å²) in [5, 5.41) is 0.0510. The highest BCUT2D eigenvalue weighted by molar-refractivity contribution is 7.91. The van der Waals surface area contributed by atoms with Crippen molar-refractivity contribution in [3.63, 3.8) is 0 Å². The molecule has 0 aliphatic heterocycles. The Morgan fingerprint density at radius 3 is 2.49 bits per heavy atom. The SMILES string of the molecule is CCS(=O)(=O)c1ccc(CCc2nc3cnc(-c4c(OC)ncnc4C4CC4)nc3n(CC(C)C)c2=O)cn1. The standard InChI is InChI=1S/C27H31N7O4S/c1-5-39(36,37)21-11-7-17(12-28-21)6-10-19-27(35)34(14-16(2)3)25-20(32-19)13-29-24(33-25)22-23(18-8-9-18)30-15-31-26(22)38-4/h7,11-13,15-16,18H,5-6,8-10,14H2,1-4H3. The second-order valence-electron chi connectivity index (χ2n) is 10.1. The number of aryl methyl sites for hydroxylation is 2. The molecule has 11 nitrogen and oxygen atoms in total. The van der Waals surface area contributed by atoms with Crippen LogP contribution in [-0.2, 0) is 29.2 Å². The second-order valence-corrected chi connectivity index (χ2v) is 12.3. The molecule has 0 bridgehead atoms. The molecular formula is C27H31N7O4S. The van der Waals surface area contributed by atoms with Crippen LogP contribution in [0.4, 0.5) is 0 Å². The molecule has 0 spiro atoms. The Kier molecular flexibility index (Phi) is 7.39. The zero-order chi connectivity index (χ0) is 27.7. The summed E-state index contributed by atoms with van der Waals surface area (Å²) in [6.45, 7) is 6.13. The first kappa shape index (κ1) is 26.8. The van der Waals surface area contributed by atoms with Gasteiger partial charge >= 0.3 is 0 Å². The van der Waals surface area contributed by atoms with Crippen molar-refractivity contribution in [1.29, 1.82) is 0 Å². The van der Waals surface area contributed by atoms with Crippen molar-refractivity contribution < 1.29 is 13.2 Å². The van der Waals surface area contributed by atoms with Gasteiger partial charge in [-0.15, -0.1) is 0 Å². The maximum Gasteiger partial charge on any atom is 0.273 e. The first-order valence-corrected chi connectivity index (χ1v) is 14.7. The largest absolute Gasteiger partial charge is 0.480 e. The molecule has 0 saturated heterocycles. The van der Waals surface area contributed by atoms with E-state index in [1.165, 1.54) is 12.4 Å². The summed E-state index contributed by atoms with van der Waals surface area (Å²) in [6, 6.07) is 3.23. The molecule has 5 rings (SSSR count). The van der Waals surface area contributed by atoms with Crippen molar-refractivity contribution >= 4 is 21.0 Å². The van der Waals surface area contributed by atoms with Crippen LogP contribution in [0.25, 0.3) is 22.6 Å². The van der Waals surface area contributed by atoms with E-state index < -0.39 is 9.84 Å². The van der Waals surface area contributed by atoms with E-state index in [1.54, 1.807) is 37.1 Å². The predicted molar refractivity (Wildman–Crippen MR) is 145 cm³/mol. The zero-order valence-corrected chi connectivity index (χ0v) is 23.3. The van der Waals surface area contributed by atoms with Gasteiger partial charge in [-0.1, -0.05) is 26.8 Å². The summed E-state index contributed by atoms with van der Waals surface area (Å²) in [6.07, 6.45) is 7.59. The quantitative estimate of drug-likeness (QED) is 0.289. The number of sulfone groups is 1. The van der Waals surface area contributed by atoms with Crippen molar-refractivity contribution in [2.75, 3.05) is 12.9 Å². The van der Waals surface area contributed by atoms with E-state index in [1.807, 2.05) is 13.8 Å². The molecule has 0 unspecified atom stereocenters. The molecule has 1 aliphatic rings. The Bertz CT molecular complexity index is 1680. The van der Waals surface area contributed by atoms with Gasteiger partial charge in [-0.05, 0) is 43.2 Å². The minimum Gasteiger partial charge on any atom is -0.480 e. The third-order valence-corrected chi connectivity index (χ3v) is 8.31. The van der Waals surface area contributed by atoms with Gasteiger partial charge in [0, 0.05) is 18.7 Å². The maximum atomic E-state index is 13.6. The number of hydrogen-bond acceptors (Lipinski definition) is 10. The Balaban J connectivity index is 1.53. The third-order valence-electron chi connectivity index (χ3n) is 6.67. The van der Waals surface area contributed by atoms with E-state index in [9.17, 15) is 13.2 Å². The predicted octanol–water partition coefficient (Wildman–Crippen LogP) is 3.16. The molecule has 1 saturated carbocycles. The highest BCUT2D eigenvalue weighted by Crippen LogP contribution is 2.44. The number of hydrogen-bond donors (Lipinski definition) is 0. The lowest BCUT2D eigenvalue weighted by atomic mass is 10.1. The summed E-state index contributed by atoms with van der Waals surface area (Å²) in [5.41, 5.74) is 3.47. The van der Waals surface area contributed by atoms with Gasteiger partial charge in [-0.3, -0.25) is 9.36 Å². The Morgan fingerprint density at radius 1 is 1.05 bits per heavy atom. The normalized spacial score (nSPS) is 13.8. The molecule has 4 aromatic rings. The van der Waals surface area contributed by atoms with Crippen molar-refractivity contribution in [3.8, 4) is 17.3 Å². The van der Waals surface area contributed by atoms with Crippen LogP contribution in [0.2, 0.25) is 0 Å². The highest BCUT2D eigenvalue weighted by atomic mass is 32.2. The van der Waals surface area contributed by atoms with Gasteiger partial charge < -0.3 is 4.74 Å². The Hall–Kier alpha value is -3.80. The summed E-state index contributed by atoms with van der Waals surface area (Å²) in [5.74, 6) is 1.31. The lowest BCUT2D eigenvalue weighted by Crippen LogP contribution is -2.28. The molecule has 0 N–H and O–H groups in total. The van der Waals surface area contributed by atoms with Crippen LogP contribution in [0.3, 0.4) is 0 Å². The molecule has 0 aromatic carbocycles. The van der Waals surface area contributed by atoms with Gasteiger partial charge in [0.15, 0.2) is 26.3 Å². The average molecular weight is 550 g/mol. The molecule has 1 aliphatic carbocycles. The minimum atomic E-state index is -3.37. The van der Waals surface area contributed by atoms with Crippen LogP contribution < -0.4 is 10.3 Å². The van der Waals surface area contributed by atoms with Crippen LogP contribution in [0.1, 0.15) is 56.5 Å². The Morgan fingerprint density at radius 2 is 1.85 bits per heavy atom. The van der Waals surface area contributed by atoms with E-state index >= 15 is 0 Å². The number of methoxy groups -OCH3 is 1. The highest BCUT2D eigenvalue weighted by Gasteiger charge is 2.31. The monoisotopic (exact) mass is 549 g/mol. The second kappa shape index (κ2) is 10.8. The van der Waals surface area contributed by atoms with E-state index in [2.05, 4.69) is 24.9 Å². The lowest BCUT2D eigenvalue weighted by molar-refractivity contribution is 0.397. The fraction of sp³-hybridized carbons (Fsp3) is 0.444. The number of ether oxygens (including phenoxy) is 1. The smallest absolute Gasteiger partial charge is 0.273 e. The number of rotatable bonds is 10. The molecule has 0 amide bonds. The van der Waals surface area contributed by atoms with Gasteiger partial charge in [0.2, 0.25) is 5.88 Å². The fourth-order valence-electron chi connectivity index (χ4n) is 4.47. The average Bonchev–Trinajstić information content (AvgIpc) is 3.79. The summed E-state index contributed by atoms with van der Waals surface area (Å²) >= 11 is 0. The number of pyridine rings is 1. The van der Waals surface area contributed by atoms with Crippen molar-refractivity contribution in [2.45, 2.75) is 63.9 Å². The molecule has 4 heterocycles. The number of aromatic nitrogens is 7. The molecule has 0 atom stereocenters. The first-order valence-electron chi connectivity index (χ1n) is 13.0. The van der Waals surface area contributed by atoms with Gasteiger partial charge in [0.1, 0.15) is 23.1 Å². The van der Waals surface area contributed by atoms with E-state index in [0.717, 1.165) is 24.1 Å². The fourth-order valence-corrected chi connectivity index (χ4v) is 5.26. The van der Waals surface area contributed by atoms with Gasteiger partial charge in [0.25, 0.3) is 5.56 Å². The molecule has 204 valence electrons. The van der Waals surface area contributed by atoms with Crippen LogP contribution in [0.15, 0.2) is 40.7 Å². The molecule has 1 fully saturated rings. The van der Waals surface area contributed by atoms with Crippen molar-refractivity contribution in [2.24, 2.45) is 5.92 Å². The Labute approximate surface area is 226 Å². The number of nitrogens with zero attached hydrogens (tertiary/aromatic N) is 7.